The Bertz CT molecular complexity index is 256. The van der Waals surface area contributed by atoms with Crippen molar-refractivity contribution in [2.45, 2.75) is 31.9 Å². The first-order valence-corrected chi connectivity index (χ1v) is 7.20. The average molecular weight is 371 g/mol. The Morgan fingerprint density at radius 2 is 2.00 bits per heavy atom. The van der Waals surface area contributed by atoms with Crippen LogP contribution in [0.15, 0.2) is 4.99 Å². The Kier molecular flexibility index (Phi) is 7.87. The molecule has 0 aromatic carbocycles. The molecule has 1 aliphatic carbocycles. The summed E-state index contributed by atoms with van der Waals surface area (Å²) < 4.78 is 0.254. The van der Waals surface area contributed by atoms with Gasteiger partial charge in [-0.05, 0) is 38.4 Å². The molecule has 0 saturated heterocycles. The number of hydrogen-bond donors (Lipinski definition) is 2. The summed E-state index contributed by atoms with van der Waals surface area (Å²) in [5.41, 5.74) is 0. The van der Waals surface area contributed by atoms with Gasteiger partial charge in [0.1, 0.15) is 0 Å². The van der Waals surface area contributed by atoms with Crippen molar-refractivity contribution < 1.29 is 0 Å². The second-order valence-electron chi connectivity index (χ2n) is 5.24. The number of halogens is 1. The Balaban J connectivity index is 0.00000256. The van der Waals surface area contributed by atoms with Crippen molar-refractivity contribution in [1.29, 1.82) is 0 Å². The number of nitrogens with zero attached hydrogens (tertiary/aromatic N) is 1. The minimum atomic E-state index is 0. The molecule has 1 aliphatic rings. The standard InChI is InChI=1S/C12H25N3S.HI/c1-9-6-10(9)7-14-11(13-4)15-8-12(2,3)16-5;/h9-10H,6-8H2,1-5H3,(H2,13,14,15);1H. The third-order valence-electron chi connectivity index (χ3n) is 3.27. The molecule has 0 bridgehead atoms. The smallest absolute Gasteiger partial charge is 0.191 e. The quantitative estimate of drug-likeness (QED) is 0.443. The molecule has 0 aliphatic heterocycles. The second-order valence-corrected chi connectivity index (χ2v) is 6.76. The zero-order valence-electron chi connectivity index (χ0n) is 11.5. The normalized spacial score (nSPS) is 23.9. The van der Waals surface area contributed by atoms with Crippen molar-refractivity contribution in [3.8, 4) is 0 Å². The highest BCUT2D eigenvalue weighted by atomic mass is 127. The van der Waals surface area contributed by atoms with Crippen LogP contribution in [-0.2, 0) is 0 Å². The summed E-state index contributed by atoms with van der Waals surface area (Å²) in [6, 6.07) is 0. The monoisotopic (exact) mass is 371 g/mol. The molecule has 0 heterocycles. The van der Waals surface area contributed by atoms with E-state index >= 15 is 0 Å². The van der Waals surface area contributed by atoms with Crippen LogP contribution < -0.4 is 10.6 Å². The largest absolute Gasteiger partial charge is 0.356 e. The Morgan fingerprint density at radius 3 is 2.41 bits per heavy atom. The van der Waals surface area contributed by atoms with E-state index in [-0.39, 0.29) is 28.7 Å². The highest BCUT2D eigenvalue weighted by molar-refractivity contribution is 14.0. The van der Waals surface area contributed by atoms with Gasteiger partial charge in [-0.1, -0.05) is 6.92 Å². The van der Waals surface area contributed by atoms with E-state index in [0.717, 1.165) is 30.9 Å². The number of aliphatic imine (C=N–C) groups is 1. The lowest BCUT2D eigenvalue weighted by Gasteiger charge is -2.23. The number of hydrogen-bond acceptors (Lipinski definition) is 2. The fraction of sp³-hybridized carbons (Fsp3) is 0.917. The van der Waals surface area contributed by atoms with Crippen molar-refractivity contribution in [2.24, 2.45) is 16.8 Å². The Hall–Kier alpha value is 0.350. The molecular formula is C12H26IN3S. The van der Waals surface area contributed by atoms with Gasteiger partial charge < -0.3 is 10.6 Å². The molecule has 0 aromatic rings. The summed E-state index contributed by atoms with van der Waals surface area (Å²) in [6.07, 6.45) is 3.50. The van der Waals surface area contributed by atoms with Crippen LogP contribution in [0.25, 0.3) is 0 Å². The summed E-state index contributed by atoms with van der Waals surface area (Å²) >= 11 is 1.87. The Labute approximate surface area is 127 Å². The molecule has 1 rings (SSSR count). The zero-order valence-corrected chi connectivity index (χ0v) is 14.7. The molecule has 2 N–H and O–H groups in total. The van der Waals surface area contributed by atoms with E-state index in [1.54, 1.807) is 0 Å². The third-order valence-corrected chi connectivity index (χ3v) is 4.52. The fourth-order valence-corrected chi connectivity index (χ4v) is 1.72. The van der Waals surface area contributed by atoms with Gasteiger partial charge in [-0.25, -0.2) is 0 Å². The summed E-state index contributed by atoms with van der Waals surface area (Å²) in [6.45, 7) is 8.77. The number of nitrogens with one attached hydrogen (secondary N) is 2. The van der Waals surface area contributed by atoms with Crippen molar-refractivity contribution in [2.75, 3.05) is 26.4 Å². The van der Waals surface area contributed by atoms with E-state index < -0.39 is 0 Å². The maximum absolute atomic E-state index is 4.24. The molecular weight excluding hydrogens is 345 g/mol. The molecule has 2 unspecified atom stereocenters. The van der Waals surface area contributed by atoms with Crippen LogP contribution in [0.4, 0.5) is 0 Å². The molecule has 5 heteroatoms. The molecule has 3 nitrogen and oxygen atoms in total. The van der Waals surface area contributed by atoms with Crippen LogP contribution in [0, 0.1) is 11.8 Å². The van der Waals surface area contributed by atoms with Gasteiger partial charge >= 0.3 is 0 Å². The Morgan fingerprint density at radius 1 is 1.41 bits per heavy atom. The molecule has 2 atom stereocenters. The summed E-state index contributed by atoms with van der Waals surface area (Å²) in [7, 11) is 1.83. The van der Waals surface area contributed by atoms with Crippen LogP contribution in [0.2, 0.25) is 0 Å². The minimum absolute atomic E-state index is 0. The first-order chi connectivity index (χ1) is 7.48. The number of rotatable bonds is 5. The predicted molar refractivity (Wildman–Crippen MR) is 89.6 cm³/mol. The predicted octanol–water partition coefficient (Wildman–Crippen LogP) is 2.57. The zero-order chi connectivity index (χ0) is 12.2. The van der Waals surface area contributed by atoms with Crippen LogP contribution >= 0.6 is 35.7 Å². The summed E-state index contributed by atoms with van der Waals surface area (Å²) in [5, 5.41) is 6.76. The highest BCUT2D eigenvalue weighted by Gasteiger charge is 2.32. The van der Waals surface area contributed by atoms with E-state index in [4.69, 9.17) is 0 Å². The fourth-order valence-electron chi connectivity index (χ4n) is 1.50. The first-order valence-electron chi connectivity index (χ1n) is 5.98. The van der Waals surface area contributed by atoms with Gasteiger partial charge in [-0.15, -0.1) is 24.0 Å². The topological polar surface area (TPSA) is 36.4 Å². The van der Waals surface area contributed by atoms with Gasteiger partial charge in [0, 0.05) is 24.9 Å². The number of thioether (sulfide) groups is 1. The maximum Gasteiger partial charge on any atom is 0.191 e. The van der Waals surface area contributed by atoms with Crippen molar-refractivity contribution >= 4 is 41.7 Å². The van der Waals surface area contributed by atoms with Crippen LogP contribution in [0.5, 0.6) is 0 Å². The summed E-state index contributed by atoms with van der Waals surface area (Å²) in [5.74, 6) is 2.68. The van der Waals surface area contributed by atoms with Crippen molar-refractivity contribution in [3.63, 3.8) is 0 Å². The molecule has 0 amide bonds. The van der Waals surface area contributed by atoms with E-state index in [1.807, 2.05) is 18.8 Å². The van der Waals surface area contributed by atoms with Crippen LogP contribution in [0.3, 0.4) is 0 Å². The lowest BCUT2D eigenvalue weighted by Crippen LogP contribution is -2.43. The lowest BCUT2D eigenvalue weighted by molar-refractivity contribution is 0.649. The molecule has 102 valence electrons. The second kappa shape index (κ2) is 7.71. The van der Waals surface area contributed by atoms with Crippen LogP contribution in [0.1, 0.15) is 27.2 Å². The minimum Gasteiger partial charge on any atom is -0.356 e. The highest BCUT2D eigenvalue weighted by Crippen LogP contribution is 2.36. The molecule has 0 spiro atoms. The molecule has 0 aromatic heterocycles. The van der Waals surface area contributed by atoms with Gasteiger partial charge in [0.25, 0.3) is 0 Å². The van der Waals surface area contributed by atoms with Gasteiger partial charge in [0.15, 0.2) is 5.96 Å². The van der Waals surface area contributed by atoms with E-state index in [0.29, 0.717) is 0 Å². The average Bonchev–Trinajstić information content (AvgIpc) is 2.95. The van der Waals surface area contributed by atoms with Gasteiger partial charge in [-0.3, -0.25) is 4.99 Å². The van der Waals surface area contributed by atoms with Gasteiger partial charge in [0.05, 0.1) is 0 Å². The maximum atomic E-state index is 4.24. The molecule has 0 radical (unpaired) electrons. The van der Waals surface area contributed by atoms with E-state index in [9.17, 15) is 0 Å². The molecule has 17 heavy (non-hydrogen) atoms. The first kappa shape index (κ1) is 17.4. The van der Waals surface area contributed by atoms with Crippen molar-refractivity contribution in [3.05, 3.63) is 0 Å². The van der Waals surface area contributed by atoms with E-state index in [1.165, 1.54) is 6.42 Å². The summed E-state index contributed by atoms with van der Waals surface area (Å²) in [4.78, 5) is 4.24. The van der Waals surface area contributed by atoms with Crippen molar-refractivity contribution in [1.82, 2.24) is 10.6 Å². The third kappa shape index (κ3) is 6.74. The molecule has 1 fully saturated rings. The molecule has 1 saturated carbocycles. The lowest BCUT2D eigenvalue weighted by atomic mass is 10.2. The SMILES string of the molecule is CN=C(NCC1CC1C)NCC(C)(C)SC.I. The number of guanidine groups is 1. The van der Waals surface area contributed by atoms with Gasteiger partial charge in [-0.2, -0.15) is 11.8 Å². The van der Waals surface area contributed by atoms with Crippen LogP contribution in [-0.4, -0.2) is 37.1 Å². The van der Waals surface area contributed by atoms with E-state index in [2.05, 4.69) is 42.7 Å². The van der Waals surface area contributed by atoms with Gasteiger partial charge in [0.2, 0.25) is 0 Å².